The van der Waals surface area contributed by atoms with Crippen LogP contribution in [0.5, 0.6) is 5.75 Å². The van der Waals surface area contributed by atoms with Crippen molar-refractivity contribution in [1.82, 2.24) is 14.9 Å². The SMILES string of the molecule is Cc1ccc([C@H]2[C@H](c3ccccn3)NC(=S)N2c2ccccc2O)n1-c1ccccc1. The van der Waals surface area contributed by atoms with E-state index in [4.69, 9.17) is 12.2 Å². The fraction of sp³-hybridized carbons (Fsp3) is 0.120. The number of benzene rings is 2. The number of anilines is 1. The van der Waals surface area contributed by atoms with Crippen LogP contribution in [0.1, 0.15) is 29.2 Å². The molecule has 0 saturated carbocycles. The third-order valence-corrected chi connectivity index (χ3v) is 5.98. The standard InChI is InChI=1S/C25H22N4OS/c1-17-14-15-21(28(17)18-9-3-2-4-10-18)24-23(19-11-7-8-16-26-19)27-25(31)29(24)20-12-5-6-13-22(20)30/h2-16,23-24,30H,1H3,(H,27,31)/t23-,24-/m0/s1. The lowest BCUT2D eigenvalue weighted by atomic mass is 10.0. The van der Waals surface area contributed by atoms with Gasteiger partial charge < -0.3 is 19.9 Å². The van der Waals surface area contributed by atoms with E-state index in [-0.39, 0.29) is 17.8 Å². The molecule has 31 heavy (non-hydrogen) atoms. The monoisotopic (exact) mass is 426 g/mol. The van der Waals surface area contributed by atoms with Crippen molar-refractivity contribution in [3.8, 4) is 11.4 Å². The highest BCUT2D eigenvalue weighted by atomic mass is 32.1. The summed E-state index contributed by atoms with van der Waals surface area (Å²) in [5.41, 5.74) is 4.83. The normalized spacial score (nSPS) is 18.2. The first-order chi connectivity index (χ1) is 15.1. The van der Waals surface area contributed by atoms with E-state index in [9.17, 15) is 5.11 Å². The van der Waals surface area contributed by atoms with Crippen molar-refractivity contribution in [2.75, 3.05) is 4.90 Å². The number of aryl methyl sites for hydroxylation is 1. The van der Waals surface area contributed by atoms with Crippen molar-refractivity contribution >= 4 is 23.0 Å². The number of nitrogens with one attached hydrogen (secondary N) is 1. The number of aromatic hydroxyl groups is 1. The van der Waals surface area contributed by atoms with Crippen molar-refractivity contribution in [2.45, 2.75) is 19.0 Å². The second kappa shape index (κ2) is 7.89. The summed E-state index contributed by atoms with van der Waals surface area (Å²) >= 11 is 5.77. The van der Waals surface area contributed by atoms with Gasteiger partial charge in [0.05, 0.1) is 17.4 Å². The number of hydrogen-bond donors (Lipinski definition) is 2. The maximum Gasteiger partial charge on any atom is 0.174 e. The molecule has 1 saturated heterocycles. The molecule has 2 aromatic heterocycles. The smallest absolute Gasteiger partial charge is 0.174 e. The molecule has 1 aliphatic rings. The van der Waals surface area contributed by atoms with Crippen LogP contribution in [0, 0.1) is 6.92 Å². The molecule has 4 aromatic rings. The Morgan fingerprint density at radius 3 is 2.39 bits per heavy atom. The first-order valence-electron chi connectivity index (χ1n) is 10.2. The van der Waals surface area contributed by atoms with Gasteiger partial charge >= 0.3 is 0 Å². The maximum absolute atomic E-state index is 10.7. The molecule has 1 aliphatic heterocycles. The van der Waals surface area contributed by atoms with Crippen molar-refractivity contribution in [3.63, 3.8) is 0 Å². The Kier molecular flexibility index (Phi) is 4.92. The second-order valence-corrected chi connectivity index (χ2v) is 7.94. The van der Waals surface area contributed by atoms with Crippen LogP contribution in [0.4, 0.5) is 5.69 Å². The predicted octanol–water partition coefficient (Wildman–Crippen LogP) is 5.06. The van der Waals surface area contributed by atoms with E-state index >= 15 is 0 Å². The predicted molar refractivity (Wildman–Crippen MR) is 127 cm³/mol. The van der Waals surface area contributed by atoms with Gasteiger partial charge in [-0.2, -0.15) is 0 Å². The minimum absolute atomic E-state index is 0.176. The highest BCUT2D eigenvalue weighted by Gasteiger charge is 2.43. The lowest BCUT2D eigenvalue weighted by molar-refractivity contribution is 0.472. The fourth-order valence-corrected chi connectivity index (χ4v) is 4.64. The third-order valence-electron chi connectivity index (χ3n) is 5.66. The molecule has 0 unspecified atom stereocenters. The van der Waals surface area contributed by atoms with E-state index in [0.717, 1.165) is 22.8 Å². The number of phenolic OH excluding ortho intramolecular Hbond substituents is 1. The van der Waals surface area contributed by atoms with Crippen LogP contribution < -0.4 is 10.2 Å². The van der Waals surface area contributed by atoms with Gasteiger partial charge in [-0.25, -0.2) is 0 Å². The number of para-hydroxylation sites is 3. The van der Waals surface area contributed by atoms with Crippen LogP contribution in [0.25, 0.3) is 5.69 Å². The van der Waals surface area contributed by atoms with Crippen LogP contribution in [0.15, 0.2) is 91.1 Å². The summed E-state index contributed by atoms with van der Waals surface area (Å²) in [4.78, 5) is 6.61. The lowest BCUT2D eigenvalue weighted by Gasteiger charge is -2.29. The Hall–Kier alpha value is -3.64. The number of thiocarbonyl (C=S) groups is 1. The number of pyridine rings is 1. The van der Waals surface area contributed by atoms with Gasteiger partial charge in [-0.15, -0.1) is 0 Å². The molecule has 5 nitrogen and oxygen atoms in total. The largest absolute Gasteiger partial charge is 0.506 e. The molecule has 1 fully saturated rings. The average Bonchev–Trinajstić information content (AvgIpc) is 3.35. The molecule has 2 aromatic carbocycles. The topological polar surface area (TPSA) is 53.3 Å². The lowest BCUT2D eigenvalue weighted by Crippen LogP contribution is -2.30. The van der Waals surface area contributed by atoms with E-state index in [1.807, 2.05) is 59.5 Å². The number of aromatic nitrogens is 2. The summed E-state index contributed by atoms with van der Waals surface area (Å²) in [6.07, 6.45) is 1.79. The van der Waals surface area contributed by atoms with Crippen LogP contribution in [0.2, 0.25) is 0 Å². The molecule has 154 valence electrons. The number of hydrogen-bond acceptors (Lipinski definition) is 3. The van der Waals surface area contributed by atoms with Gasteiger partial charge in [0.15, 0.2) is 5.11 Å². The molecule has 0 spiro atoms. The molecule has 2 N–H and O–H groups in total. The van der Waals surface area contributed by atoms with Crippen LogP contribution in [0.3, 0.4) is 0 Å². The molecule has 5 rings (SSSR count). The maximum atomic E-state index is 10.7. The Morgan fingerprint density at radius 2 is 1.65 bits per heavy atom. The summed E-state index contributed by atoms with van der Waals surface area (Å²) in [6.45, 7) is 2.09. The zero-order valence-corrected chi connectivity index (χ0v) is 17.8. The summed E-state index contributed by atoms with van der Waals surface area (Å²) in [7, 11) is 0. The minimum atomic E-state index is -0.204. The van der Waals surface area contributed by atoms with Gasteiger partial charge in [0.1, 0.15) is 11.8 Å². The van der Waals surface area contributed by atoms with Gasteiger partial charge in [0.2, 0.25) is 0 Å². The summed E-state index contributed by atoms with van der Waals surface area (Å²) in [6, 6.07) is 27.3. The molecule has 3 heterocycles. The quantitative estimate of drug-likeness (QED) is 0.447. The van der Waals surface area contributed by atoms with E-state index < -0.39 is 0 Å². The third kappa shape index (κ3) is 3.35. The average molecular weight is 427 g/mol. The van der Waals surface area contributed by atoms with Crippen molar-refractivity contribution in [2.24, 2.45) is 0 Å². The molecule has 0 aliphatic carbocycles. The van der Waals surface area contributed by atoms with E-state index in [1.54, 1.807) is 12.3 Å². The number of phenols is 1. The Labute approximate surface area is 186 Å². The van der Waals surface area contributed by atoms with Crippen LogP contribution in [-0.4, -0.2) is 19.8 Å². The van der Waals surface area contributed by atoms with E-state index in [2.05, 4.69) is 46.1 Å². The van der Waals surface area contributed by atoms with Gasteiger partial charge in [-0.1, -0.05) is 36.4 Å². The number of rotatable bonds is 4. The zero-order chi connectivity index (χ0) is 21.4. The van der Waals surface area contributed by atoms with Crippen molar-refractivity contribution < 1.29 is 5.11 Å². The first-order valence-corrected chi connectivity index (χ1v) is 10.6. The van der Waals surface area contributed by atoms with Crippen LogP contribution in [-0.2, 0) is 0 Å². The van der Waals surface area contributed by atoms with Gasteiger partial charge in [0.25, 0.3) is 0 Å². The first kappa shape index (κ1) is 19.3. The van der Waals surface area contributed by atoms with Gasteiger partial charge in [0, 0.05) is 23.3 Å². The van der Waals surface area contributed by atoms with Crippen molar-refractivity contribution in [1.29, 1.82) is 0 Å². The zero-order valence-electron chi connectivity index (χ0n) is 17.0. The van der Waals surface area contributed by atoms with E-state index in [1.165, 1.54) is 0 Å². The highest BCUT2D eigenvalue weighted by Crippen LogP contribution is 2.44. The minimum Gasteiger partial charge on any atom is -0.506 e. The van der Waals surface area contributed by atoms with Gasteiger partial charge in [-0.3, -0.25) is 4.98 Å². The van der Waals surface area contributed by atoms with E-state index in [0.29, 0.717) is 10.8 Å². The Balaban J connectivity index is 1.72. The highest BCUT2D eigenvalue weighted by molar-refractivity contribution is 7.80. The van der Waals surface area contributed by atoms with Gasteiger partial charge in [-0.05, 0) is 67.7 Å². The van der Waals surface area contributed by atoms with Crippen molar-refractivity contribution in [3.05, 3.63) is 108 Å². The Bertz CT molecular complexity index is 1220. The summed E-state index contributed by atoms with van der Waals surface area (Å²) in [5.74, 6) is 0.188. The fourth-order valence-electron chi connectivity index (χ4n) is 4.30. The molecule has 0 radical (unpaired) electrons. The molecule has 0 bridgehead atoms. The molecular formula is C25H22N4OS. The second-order valence-electron chi connectivity index (χ2n) is 7.56. The Morgan fingerprint density at radius 1 is 0.903 bits per heavy atom. The summed E-state index contributed by atoms with van der Waals surface area (Å²) in [5, 5.41) is 14.7. The molecule has 0 amide bonds. The van der Waals surface area contributed by atoms with Crippen LogP contribution >= 0.6 is 12.2 Å². The molecular weight excluding hydrogens is 404 g/mol. The molecule has 2 atom stereocenters. The number of nitrogens with zero attached hydrogens (tertiary/aromatic N) is 3. The summed E-state index contributed by atoms with van der Waals surface area (Å²) < 4.78 is 2.24. The molecule has 6 heteroatoms.